The fourth-order valence-corrected chi connectivity index (χ4v) is 4.25. The number of amides is 2. The Kier molecular flexibility index (Phi) is 5.89. The third-order valence-corrected chi connectivity index (χ3v) is 6.12. The van der Waals surface area contributed by atoms with Crippen LogP contribution in [0.1, 0.15) is 11.1 Å². The first-order valence-corrected chi connectivity index (χ1v) is 12.0. The average molecular weight is 509 g/mol. The molecule has 190 valence electrons. The van der Waals surface area contributed by atoms with Crippen molar-refractivity contribution in [1.29, 1.82) is 0 Å². The predicted octanol–water partition coefficient (Wildman–Crippen LogP) is 5.40. The number of nitrogens with one attached hydrogen (secondary N) is 3. The van der Waals surface area contributed by atoms with E-state index in [4.69, 9.17) is 14.5 Å². The average Bonchev–Trinajstić information content (AvgIpc) is 3.54. The van der Waals surface area contributed by atoms with Gasteiger partial charge in [0, 0.05) is 41.2 Å². The van der Waals surface area contributed by atoms with Gasteiger partial charge in [-0.2, -0.15) is 9.61 Å². The van der Waals surface area contributed by atoms with Crippen LogP contribution in [0.25, 0.3) is 16.9 Å². The van der Waals surface area contributed by atoms with E-state index in [-0.39, 0.29) is 18.6 Å². The molecule has 0 spiro atoms. The molecule has 0 bridgehead atoms. The fourth-order valence-electron chi connectivity index (χ4n) is 4.25. The molecule has 0 radical (unpaired) electrons. The number of carbonyl (C=O) groups is 1. The number of rotatable bonds is 6. The van der Waals surface area contributed by atoms with Crippen molar-refractivity contribution in [2.75, 3.05) is 22.7 Å². The first kappa shape index (κ1) is 23.2. The minimum Gasteiger partial charge on any atom is -0.507 e. The van der Waals surface area contributed by atoms with Crippen molar-refractivity contribution >= 4 is 28.9 Å². The summed E-state index contributed by atoms with van der Waals surface area (Å²) in [6, 6.07) is 21.4. The summed E-state index contributed by atoms with van der Waals surface area (Å²) in [5.41, 5.74) is 5.08. The molecule has 4 N–H and O–H groups in total. The van der Waals surface area contributed by atoms with Gasteiger partial charge in [-0.05, 0) is 48.9 Å². The Hall–Kier alpha value is -5.25. The molecule has 0 aliphatic carbocycles. The van der Waals surface area contributed by atoms with E-state index in [0.29, 0.717) is 46.3 Å². The van der Waals surface area contributed by atoms with Crippen LogP contribution in [0.2, 0.25) is 0 Å². The molecule has 0 saturated carbocycles. The summed E-state index contributed by atoms with van der Waals surface area (Å²) in [5, 5.41) is 23.9. The summed E-state index contributed by atoms with van der Waals surface area (Å²) >= 11 is 0. The number of carbonyl (C=O) groups excluding carboxylic acids is 1. The van der Waals surface area contributed by atoms with Crippen molar-refractivity contribution in [1.82, 2.24) is 14.6 Å². The smallest absolute Gasteiger partial charge is 0.323 e. The first-order valence-electron chi connectivity index (χ1n) is 12.0. The second kappa shape index (κ2) is 9.66. The van der Waals surface area contributed by atoms with Crippen molar-refractivity contribution in [3.63, 3.8) is 0 Å². The Bertz CT molecular complexity index is 1670. The maximum absolute atomic E-state index is 12.6. The van der Waals surface area contributed by atoms with E-state index in [1.807, 2.05) is 49.4 Å². The van der Waals surface area contributed by atoms with Crippen molar-refractivity contribution in [3.8, 4) is 28.5 Å². The number of hydrogen-bond acceptors (Lipinski definition) is 7. The van der Waals surface area contributed by atoms with Gasteiger partial charge in [0.1, 0.15) is 11.6 Å². The topological polar surface area (TPSA) is 122 Å². The number of nitrogens with zero attached hydrogens (tertiary/aromatic N) is 3. The zero-order valence-electron chi connectivity index (χ0n) is 20.4. The molecule has 1 aliphatic rings. The van der Waals surface area contributed by atoms with Gasteiger partial charge in [-0.1, -0.05) is 24.3 Å². The number of ether oxygens (including phenoxy) is 2. The molecule has 5 aromatic rings. The van der Waals surface area contributed by atoms with Crippen molar-refractivity contribution in [2.24, 2.45) is 0 Å². The number of phenols is 1. The summed E-state index contributed by atoms with van der Waals surface area (Å²) in [6.45, 7) is 2.59. The summed E-state index contributed by atoms with van der Waals surface area (Å²) in [5.74, 6) is 2.13. The van der Waals surface area contributed by atoms with E-state index >= 15 is 0 Å². The lowest BCUT2D eigenvalue weighted by Gasteiger charge is -2.13. The Labute approximate surface area is 217 Å². The Morgan fingerprint density at radius 1 is 0.974 bits per heavy atom. The molecule has 0 fully saturated rings. The lowest BCUT2D eigenvalue weighted by Crippen LogP contribution is -2.19. The van der Waals surface area contributed by atoms with E-state index in [1.165, 1.54) is 0 Å². The third kappa shape index (κ3) is 4.62. The molecule has 6 rings (SSSR count). The zero-order valence-corrected chi connectivity index (χ0v) is 20.4. The Morgan fingerprint density at radius 2 is 1.79 bits per heavy atom. The quantitative estimate of drug-likeness (QED) is 0.242. The highest BCUT2D eigenvalue weighted by molar-refractivity contribution is 6.00. The number of fused-ring (bicyclic) bond motifs is 2. The number of aromatic hydroxyl groups is 1. The summed E-state index contributed by atoms with van der Waals surface area (Å²) in [7, 11) is 0. The minimum atomic E-state index is -0.371. The Balaban J connectivity index is 1.18. The number of benzene rings is 3. The van der Waals surface area contributed by atoms with E-state index < -0.39 is 0 Å². The van der Waals surface area contributed by atoms with Gasteiger partial charge in [-0.25, -0.2) is 9.78 Å². The monoisotopic (exact) mass is 508 g/mol. The van der Waals surface area contributed by atoms with E-state index in [2.05, 4.69) is 21.0 Å². The predicted molar refractivity (Wildman–Crippen MR) is 144 cm³/mol. The van der Waals surface area contributed by atoms with Crippen LogP contribution in [0.5, 0.6) is 17.2 Å². The second-order valence-electron chi connectivity index (χ2n) is 8.81. The molecule has 2 amide bonds. The number of phenolic OH excluding ortho intramolecular Hbond substituents is 1. The SMILES string of the molecule is Cc1cnn2c(NCc3cccc(NC(=O)Nc4ccc5c(c4)OCO5)c3)cc(-c3ccccc3O)nc12. The lowest BCUT2D eigenvalue weighted by atomic mass is 10.1. The number of aryl methyl sites for hydroxylation is 1. The first-order chi connectivity index (χ1) is 18.5. The van der Waals surface area contributed by atoms with E-state index in [1.54, 1.807) is 41.0 Å². The molecule has 2 aromatic heterocycles. The number of anilines is 3. The molecule has 10 nitrogen and oxygen atoms in total. The van der Waals surface area contributed by atoms with Gasteiger partial charge in [0.15, 0.2) is 17.1 Å². The highest BCUT2D eigenvalue weighted by Gasteiger charge is 2.15. The number of para-hydroxylation sites is 1. The largest absolute Gasteiger partial charge is 0.507 e. The van der Waals surface area contributed by atoms with Crippen molar-refractivity contribution < 1.29 is 19.4 Å². The molecule has 10 heteroatoms. The van der Waals surface area contributed by atoms with Crippen LogP contribution in [0.4, 0.5) is 22.0 Å². The van der Waals surface area contributed by atoms with Crippen LogP contribution in [-0.2, 0) is 6.54 Å². The van der Waals surface area contributed by atoms with Crippen LogP contribution >= 0.6 is 0 Å². The van der Waals surface area contributed by atoms with Gasteiger partial charge in [0.2, 0.25) is 6.79 Å². The second-order valence-corrected chi connectivity index (χ2v) is 8.81. The molecule has 0 atom stereocenters. The van der Waals surface area contributed by atoms with Gasteiger partial charge in [-0.3, -0.25) is 0 Å². The highest BCUT2D eigenvalue weighted by Crippen LogP contribution is 2.34. The van der Waals surface area contributed by atoms with Gasteiger partial charge in [0.05, 0.1) is 11.9 Å². The van der Waals surface area contributed by atoms with E-state index in [9.17, 15) is 9.90 Å². The van der Waals surface area contributed by atoms with Gasteiger partial charge in [-0.15, -0.1) is 0 Å². The van der Waals surface area contributed by atoms with Crippen LogP contribution in [0.3, 0.4) is 0 Å². The van der Waals surface area contributed by atoms with E-state index in [0.717, 1.165) is 16.9 Å². The third-order valence-electron chi connectivity index (χ3n) is 6.12. The number of aromatic nitrogens is 3. The van der Waals surface area contributed by atoms with Gasteiger partial charge >= 0.3 is 6.03 Å². The molecule has 3 heterocycles. The standard InChI is InChI=1S/C28H24N6O4/c1-17-14-30-34-26(13-22(33-27(17)34)21-7-2-3-8-23(21)35)29-15-18-5-4-6-19(11-18)31-28(36)32-20-9-10-24-25(12-20)38-16-37-24/h2-14,29,35H,15-16H2,1H3,(H2,31,32,36). The summed E-state index contributed by atoms with van der Waals surface area (Å²) in [4.78, 5) is 17.3. The molecular weight excluding hydrogens is 484 g/mol. The zero-order chi connectivity index (χ0) is 26.1. The molecular formula is C28H24N6O4. The van der Waals surface area contributed by atoms with Crippen LogP contribution in [-0.4, -0.2) is 32.5 Å². The molecule has 38 heavy (non-hydrogen) atoms. The van der Waals surface area contributed by atoms with Gasteiger partial charge in [0.25, 0.3) is 0 Å². The van der Waals surface area contributed by atoms with Crippen LogP contribution in [0, 0.1) is 6.92 Å². The van der Waals surface area contributed by atoms with Gasteiger partial charge < -0.3 is 30.5 Å². The molecule has 0 saturated heterocycles. The minimum absolute atomic E-state index is 0.158. The van der Waals surface area contributed by atoms with Crippen LogP contribution < -0.4 is 25.4 Å². The lowest BCUT2D eigenvalue weighted by molar-refractivity contribution is 0.174. The molecule has 0 unspecified atom stereocenters. The summed E-state index contributed by atoms with van der Waals surface area (Å²) in [6.07, 6.45) is 1.76. The maximum atomic E-state index is 12.6. The highest BCUT2D eigenvalue weighted by atomic mass is 16.7. The fraction of sp³-hybridized carbons (Fsp3) is 0.107. The number of urea groups is 1. The summed E-state index contributed by atoms with van der Waals surface area (Å²) < 4.78 is 12.4. The normalized spacial score (nSPS) is 11.9. The van der Waals surface area contributed by atoms with Crippen molar-refractivity contribution in [2.45, 2.75) is 13.5 Å². The van der Waals surface area contributed by atoms with Crippen LogP contribution in [0.15, 0.2) is 79.0 Å². The molecule has 3 aromatic carbocycles. The molecule has 1 aliphatic heterocycles. The maximum Gasteiger partial charge on any atom is 0.323 e. The van der Waals surface area contributed by atoms with Crippen molar-refractivity contribution in [3.05, 3.63) is 90.1 Å². The Morgan fingerprint density at radius 3 is 2.66 bits per heavy atom. The number of hydrogen-bond donors (Lipinski definition) is 4.